The molecule has 1 fully saturated rings. The Morgan fingerprint density at radius 2 is 1.97 bits per heavy atom. The van der Waals surface area contributed by atoms with Crippen molar-refractivity contribution in [2.75, 3.05) is 26.5 Å². The molecule has 5 rings (SSSR count). The van der Waals surface area contributed by atoms with E-state index in [-0.39, 0.29) is 12.7 Å². The third-order valence-corrected chi connectivity index (χ3v) is 6.28. The topological polar surface area (TPSA) is 72.9 Å². The van der Waals surface area contributed by atoms with E-state index in [1.807, 2.05) is 30.6 Å². The molecule has 2 aliphatic heterocycles. The van der Waals surface area contributed by atoms with Gasteiger partial charge in [-0.05, 0) is 66.9 Å². The summed E-state index contributed by atoms with van der Waals surface area (Å²) in [5.41, 5.74) is 3.10. The molecule has 2 aromatic carbocycles. The van der Waals surface area contributed by atoms with E-state index in [0.29, 0.717) is 36.3 Å². The molecule has 0 radical (unpaired) electrons. The Bertz CT molecular complexity index is 1100. The van der Waals surface area contributed by atoms with E-state index in [1.165, 1.54) is 30.4 Å². The Balaban J connectivity index is 1.09. The van der Waals surface area contributed by atoms with Crippen LogP contribution in [0.5, 0.6) is 17.2 Å². The first kappa shape index (κ1) is 22.2. The number of carbonyl (C=O) groups excluding carboxylic acids is 1. The molecular weight excluding hydrogens is 430 g/mol. The third kappa shape index (κ3) is 5.31. The van der Waals surface area contributed by atoms with E-state index in [0.717, 1.165) is 18.8 Å². The van der Waals surface area contributed by atoms with Crippen molar-refractivity contribution in [1.82, 2.24) is 15.2 Å². The van der Waals surface area contributed by atoms with Crippen molar-refractivity contribution in [2.24, 2.45) is 0 Å². The van der Waals surface area contributed by atoms with Gasteiger partial charge in [0.15, 0.2) is 11.5 Å². The van der Waals surface area contributed by atoms with E-state index in [4.69, 9.17) is 14.2 Å². The van der Waals surface area contributed by atoms with Gasteiger partial charge in [0.1, 0.15) is 12.4 Å². The first-order valence-corrected chi connectivity index (χ1v) is 11.8. The minimum Gasteiger partial charge on any atom is -0.492 e. The van der Waals surface area contributed by atoms with Crippen LogP contribution >= 0.6 is 0 Å². The van der Waals surface area contributed by atoms with Crippen molar-refractivity contribution in [3.63, 3.8) is 0 Å². The summed E-state index contributed by atoms with van der Waals surface area (Å²) in [6, 6.07) is 18.0. The summed E-state index contributed by atoms with van der Waals surface area (Å²) in [5.74, 6) is 1.89. The lowest BCUT2D eigenvalue weighted by Crippen LogP contribution is -2.32. The number of likely N-dealkylation sites (tertiary alicyclic amines) is 1. The van der Waals surface area contributed by atoms with Gasteiger partial charge in [0, 0.05) is 30.5 Å². The number of ether oxygens (including phenoxy) is 3. The smallest absolute Gasteiger partial charge is 0.251 e. The highest BCUT2D eigenvalue weighted by Crippen LogP contribution is 2.33. The van der Waals surface area contributed by atoms with Crippen LogP contribution in [0.3, 0.4) is 0 Å². The van der Waals surface area contributed by atoms with Crippen LogP contribution in [0.4, 0.5) is 0 Å². The van der Waals surface area contributed by atoms with E-state index in [1.54, 1.807) is 18.2 Å². The minimum atomic E-state index is -0.165. The number of rotatable bonds is 8. The van der Waals surface area contributed by atoms with Gasteiger partial charge in [-0.3, -0.25) is 14.7 Å². The van der Waals surface area contributed by atoms with Crippen LogP contribution < -0.4 is 19.5 Å². The molecule has 1 atom stereocenters. The summed E-state index contributed by atoms with van der Waals surface area (Å²) in [7, 11) is 0. The summed E-state index contributed by atoms with van der Waals surface area (Å²) in [6.07, 6.45) is 7.48. The zero-order valence-electron chi connectivity index (χ0n) is 19.1. The fourth-order valence-corrected chi connectivity index (χ4v) is 4.53. The average Bonchev–Trinajstić information content (AvgIpc) is 3.36. The van der Waals surface area contributed by atoms with Gasteiger partial charge in [-0.25, -0.2) is 0 Å². The molecule has 1 amide bonds. The molecule has 1 saturated heterocycles. The number of piperidine rings is 1. The number of pyridine rings is 1. The Morgan fingerprint density at radius 1 is 1.09 bits per heavy atom. The van der Waals surface area contributed by atoms with Gasteiger partial charge in [-0.2, -0.15) is 0 Å². The van der Waals surface area contributed by atoms with Gasteiger partial charge < -0.3 is 19.5 Å². The van der Waals surface area contributed by atoms with Crippen LogP contribution in [0.25, 0.3) is 0 Å². The number of carbonyl (C=O) groups is 1. The molecule has 0 bridgehead atoms. The highest BCUT2D eigenvalue weighted by Gasteiger charge is 2.24. The molecule has 0 spiro atoms. The second-order valence-electron chi connectivity index (χ2n) is 8.58. The van der Waals surface area contributed by atoms with Crippen molar-refractivity contribution >= 4 is 5.91 Å². The van der Waals surface area contributed by atoms with Crippen LogP contribution in [0.2, 0.25) is 0 Å². The lowest BCUT2D eigenvalue weighted by Gasteiger charge is -2.36. The highest BCUT2D eigenvalue weighted by atomic mass is 16.7. The molecule has 3 heterocycles. The van der Waals surface area contributed by atoms with Gasteiger partial charge in [0.2, 0.25) is 6.79 Å². The monoisotopic (exact) mass is 459 g/mol. The predicted octanol–water partition coefficient (Wildman–Crippen LogP) is 4.35. The van der Waals surface area contributed by atoms with Crippen molar-refractivity contribution in [3.8, 4) is 17.2 Å². The number of nitrogens with zero attached hydrogens (tertiary/aromatic N) is 2. The first-order chi connectivity index (χ1) is 16.8. The molecule has 3 aromatic rings. The van der Waals surface area contributed by atoms with Gasteiger partial charge in [-0.1, -0.05) is 24.6 Å². The summed E-state index contributed by atoms with van der Waals surface area (Å²) in [6.45, 7) is 3.00. The van der Waals surface area contributed by atoms with Gasteiger partial charge >= 0.3 is 0 Å². The Morgan fingerprint density at radius 3 is 2.82 bits per heavy atom. The average molecular weight is 460 g/mol. The standard InChI is InChI=1S/C27H29N3O4/c31-27(21-8-11-25-26(16-21)34-19-33-25)29-13-15-32-23-9-6-20(7-10-23)18-30-14-2-1-5-24(30)22-4-3-12-28-17-22/h3-4,6-12,16-17,24H,1-2,5,13-15,18-19H2,(H,29,31)/t24-/m1/s1. The maximum atomic E-state index is 12.3. The SMILES string of the molecule is O=C(NCCOc1ccc(CN2CCCC[C@@H]2c2cccnc2)cc1)c1ccc2c(c1)OCO2. The van der Waals surface area contributed by atoms with Gasteiger partial charge in [-0.15, -0.1) is 0 Å². The zero-order valence-corrected chi connectivity index (χ0v) is 19.1. The second kappa shape index (κ2) is 10.6. The van der Waals surface area contributed by atoms with Crippen LogP contribution in [-0.2, 0) is 6.54 Å². The van der Waals surface area contributed by atoms with E-state index in [9.17, 15) is 4.79 Å². The molecule has 2 aliphatic rings. The van der Waals surface area contributed by atoms with Crippen LogP contribution in [0.15, 0.2) is 67.0 Å². The summed E-state index contributed by atoms with van der Waals surface area (Å²) in [5, 5.41) is 2.87. The van der Waals surface area contributed by atoms with Crippen LogP contribution in [0.1, 0.15) is 46.8 Å². The maximum Gasteiger partial charge on any atom is 0.251 e. The summed E-state index contributed by atoms with van der Waals surface area (Å²) in [4.78, 5) is 19.2. The molecule has 1 N–H and O–H groups in total. The van der Waals surface area contributed by atoms with E-state index < -0.39 is 0 Å². The number of nitrogens with one attached hydrogen (secondary N) is 1. The minimum absolute atomic E-state index is 0.165. The number of benzene rings is 2. The quantitative estimate of drug-likeness (QED) is 0.505. The Labute approximate surface area is 199 Å². The van der Waals surface area contributed by atoms with Gasteiger partial charge in [0.25, 0.3) is 5.91 Å². The second-order valence-corrected chi connectivity index (χ2v) is 8.58. The lowest BCUT2D eigenvalue weighted by atomic mass is 9.96. The number of hydrogen-bond acceptors (Lipinski definition) is 6. The predicted molar refractivity (Wildman–Crippen MR) is 128 cm³/mol. The Kier molecular flexibility index (Phi) is 6.91. The largest absolute Gasteiger partial charge is 0.492 e. The number of amides is 1. The van der Waals surface area contributed by atoms with E-state index >= 15 is 0 Å². The molecule has 1 aromatic heterocycles. The fraction of sp³-hybridized carbons (Fsp3) is 0.333. The zero-order chi connectivity index (χ0) is 23.2. The van der Waals surface area contributed by atoms with E-state index in [2.05, 4.69) is 33.4 Å². The number of aromatic nitrogens is 1. The molecule has 7 nitrogen and oxygen atoms in total. The molecule has 0 aliphatic carbocycles. The van der Waals surface area contributed by atoms with Crippen molar-refractivity contribution in [2.45, 2.75) is 31.8 Å². The molecule has 34 heavy (non-hydrogen) atoms. The first-order valence-electron chi connectivity index (χ1n) is 11.8. The summed E-state index contributed by atoms with van der Waals surface area (Å²) < 4.78 is 16.4. The molecular formula is C27H29N3O4. The number of fused-ring (bicyclic) bond motifs is 1. The fourth-order valence-electron chi connectivity index (χ4n) is 4.53. The van der Waals surface area contributed by atoms with Crippen LogP contribution in [-0.4, -0.2) is 42.3 Å². The highest BCUT2D eigenvalue weighted by molar-refractivity contribution is 5.94. The van der Waals surface area contributed by atoms with Crippen LogP contribution in [0, 0.1) is 0 Å². The molecule has 176 valence electrons. The third-order valence-electron chi connectivity index (χ3n) is 6.28. The molecule has 0 saturated carbocycles. The molecule has 0 unspecified atom stereocenters. The number of hydrogen-bond donors (Lipinski definition) is 1. The normalized spacial score (nSPS) is 17.4. The lowest BCUT2D eigenvalue weighted by molar-refractivity contribution is 0.0946. The molecule has 7 heteroatoms. The van der Waals surface area contributed by atoms with Crippen molar-refractivity contribution in [3.05, 3.63) is 83.7 Å². The Hall–Kier alpha value is -3.58. The van der Waals surface area contributed by atoms with Crippen molar-refractivity contribution in [1.29, 1.82) is 0 Å². The maximum absolute atomic E-state index is 12.3. The summed E-state index contributed by atoms with van der Waals surface area (Å²) >= 11 is 0. The van der Waals surface area contributed by atoms with Crippen molar-refractivity contribution < 1.29 is 19.0 Å². The van der Waals surface area contributed by atoms with Gasteiger partial charge in [0.05, 0.1) is 6.54 Å².